The van der Waals surface area contributed by atoms with Crippen LogP contribution in [-0.2, 0) is 10.3 Å². The SMILES string of the molecule is CNC1(c2cccc(Cl)c2C)CCOCC1. The molecule has 88 valence electrons. The topological polar surface area (TPSA) is 21.3 Å². The Morgan fingerprint density at radius 1 is 1.31 bits per heavy atom. The molecule has 3 heteroatoms. The molecule has 0 unspecified atom stereocenters. The van der Waals surface area contributed by atoms with Crippen LogP contribution in [0.4, 0.5) is 0 Å². The van der Waals surface area contributed by atoms with Gasteiger partial charge in [0.05, 0.1) is 0 Å². The van der Waals surface area contributed by atoms with Gasteiger partial charge in [0.1, 0.15) is 0 Å². The van der Waals surface area contributed by atoms with Gasteiger partial charge in [-0.2, -0.15) is 0 Å². The minimum absolute atomic E-state index is 0.0350. The second-order valence-electron chi connectivity index (χ2n) is 4.36. The zero-order chi connectivity index (χ0) is 11.6. The Kier molecular flexibility index (Phi) is 3.53. The molecule has 1 aromatic rings. The lowest BCUT2D eigenvalue weighted by atomic mass is 9.80. The number of rotatable bonds is 2. The molecule has 1 aromatic carbocycles. The van der Waals surface area contributed by atoms with E-state index in [-0.39, 0.29) is 5.54 Å². The van der Waals surface area contributed by atoms with Crippen LogP contribution in [0.2, 0.25) is 5.02 Å². The Hall–Kier alpha value is -0.570. The highest BCUT2D eigenvalue weighted by atomic mass is 35.5. The van der Waals surface area contributed by atoms with Gasteiger partial charge in [0.15, 0.2) is 0 Å². The maximum absolute atomic E-state index is 6.19. The van der Waals surface area contributed by atoms with E-state index in [4.69, 9.17) is 16.3 Å². The molecule has 1 N–H and O–H groups in total. The van der Waals surface area contributed by atoms with E-state index in [0.29, 0.717) is 0 Å². The third-order valence-electron chi connectivity index (χ3n) is 3.61. The van der Waals surface area contributed by atoms with Gasteiger partial charge in [-0.3, -0.25) is 0 Å². The van der Waals surface area contributed by atoms with Crippen molar-refractivity contribution in [2.45, 2.75) is 25.3 Å². The second kappa shape index (κ2) is 4.74. The molecule has 1 heterocycles. The van der Waals surface area contributed by atoms with E-state index < -0.39 is 0 Å². The Morgan fingerprint density at radius 2 is 2.00 bits per heavy atom. The average Bonchev–Trinajstić information content (AvgIpc) is 2.33. The van der Waals surface area contributed by atoms with Gasteiger partial charge in [-0.1, -0.05) is 23.7 Å². The van der Waals surface area contributed by atoms with Gasteiger partial charge in [-0.15, -0.1) is 0 Å². The monoisotopic (exact) mass is 239 g/mol. The van der Waals surface area contributed by atoms with Crippen LogP contribution >= 0.6 is 11.6 Å². The van der Waals surface area contributed by atoms with Gasteiger partial charge < -0.3 is 10.1 Å². The van der Waals surface area contributed by atoms with Crippen molar-refractivity contribution in [3.8, 4) is 0 Å². The summed E-state index contributed by atoms with van der Waals surface area (Å²) in [5.41, 5.74) is 2.53. The molecular weight excluding hydrogens is 222 g/mol. The van der Waals surface area contributed by atoms with Crippen molar-refractivity contribution in [1.29, 1.82) is 0 Å². The third-order valence-corrected chi connectivity index (χ3v) is 4.02. The summed E-state index contributed by atoms with van der Waals surface area (Å²) >= 11 is 6.19. The largest absolute Gasteiger partial charge is 0.381 e. The lowest BCUT2D eigenvalue weighted by Gasteiger charge is -2.38. The highest BCUT2D eigenvalue weighted by molar-refractivity contribution is 6.31. The fraction of sp³-hybridized carbons (Fsp3) is 0.538. The summed E-state index contributed by atoms with van der Waals surface area (Å²) in [5.74, 6) is 0. The molecule has 0 amide bonds. The molecule has 0 aromatic heterocycles. The summed E-state index contributed by atoms with van der Waals surface area (Å²) in [6, 6.07) is 6.14. The van der Waals surface area contributed by atoms with E-state index in [9.17, 15) is 0 Å². The molecule has 0 atom stereocenters. The van der Waals surface area contributed by atoms with Gasteiger partial charge in [-0.25, -0.2) is 0 Å². The predicted octanol–water partition coefficient (Wildman–Crippen LogP) is 2.87. The van der Waals surface area contributed by atoms with Crippen LogP contribution in [-0.4, -0.2) is 20.3 Å². The molecule has 2 rings (SSSR count). The minimum atomic E-state index is 0.0350. The summed E-state index contributed by atoms with van der Waals surface area (Å²) in [6.07, 6.45) is 2.01. The second-order valence-corrected chi connectivity index (χ2v) is 4.76. The highest BCUT2D eigenvalue weighted by Gasteiger charge is 2.34. The smallest absolute Gasteiger partial charge is 0.0486 e. The number of hydrogen-bond donors (Lipinski definition) is 1. The molecule has 1 aliphatic heterocycles. The van der Waals surface area contributed by atoms with Crippen LogP contribution in [0.25, 0.3) is 0 Å². The zero-order valence-electron chi connectivity index (χ0n) is 9.85. The third kappa shape index (κ3) is 1.97. The van der Waals surface area contributed by atoms with Crippen molar-refractivity contribution in [1.82, 2.24) is 5.32 Å². The van der Waals surface area contributed by atoms with Crippen molar-refractivity contribution in [2.24, 2.45) is 0 Å². The van der Waals surface area contributed by atoms with Crippen molar-refractivity contribution >= 4 is 11.6 Å². The van der Waals surface area contributed by atoms with Crippen LogP contribution in [0.1, 0.15) is 24.0 Å². The Labute approximate surface area is 102 Å². The molecule has 0 saturated carbocycles. The lowest BCUT2D eigenvalue weighted by Crippen LogP contribution is -2.45. The predicted molar refractivity (Wildman–Crippen MR) is 67.0 cm³/mol. The zero-order valence-corrected chi connectivity index (χ0v) is 10.6. The van der Waals surface area contributed by atoms with Crippen LogP contribution < -0.4 is 5.32 Å². The van der Waals surface area contributed by atoms with Gasteiger partial charge in [0.25, 0.3) is 0 Å². The summed E-state index contributed by atoms with van der Waals surface area (Å²) in [4.78, 5) is 0. The number of nitrogens with one attached hydrogen (secondary N) is 1. The van der Waals surface area contributed by atoms with Crippen molar-refractivity contribution in [3.63, 3.8) is 0 Å². The van der Waals surface area contributed by atoms with Crippen LogP contribution in [0, 0.1) is 6.92 Å². The molecule has 2 nitrogen and oxygen atoms in total. The van der Waals surface area contributed by atoms with Crippen LogP contribution in [0.5, 0.6) is 0 Å². The molecular formula is C13H18ClNO. The Bertz CT molecular complexity index is 372. The maximum atomic E-state index is 6.19. The lowest BCUT2D eigenvalue weighted by molar-refractivity contribution is 0.0396. The van der Waals surface area contributed by atoms with Gasteiger partial charge >= 0.3 is 0 Å². The molecule has 1 aliphatic rings. The summed E-state index contributed by atoms with van der Waals surface area (Å²) < 4.78 is 5.45. The van der Waals surface area contributed by atoms with Gasteiger partial charge in [0, 0.05) is 23.8 Å². The molecule has 0 spiro atoms. The van der Waals surface area contributed by atoms with Crippen molar-refractivity contribution in [3.05, 3.63) is 34.3 Å². The first-order valence-electron chi connectivity index (χ1n) is 5.72. The van der Waals surface area contributed by atoms with E-state index in [0.717, 1.165) is 31.1 Å². The van der Waals surface area contributed by atoms with E-state index >= 15 is 0 Å². The number of halogens is 1. The number of ether oxygens (including phenoxy) is 1. The molecule has 0 bridgehead atoms. The Morgan fingerprint density at radius 3 is 2.62 bits per heavy atom. The number of benzene rings is 1. The average molecular weight is 240 g/mol. The molecule has 0 aliphatic carbocycles. The maximum Gasteiger partial charge on any atom is 0.0486 e. The molecule has 16 heavy (non-hydrogen) atoms. The summed E-state index contributed by atoms with van der Waals surface area (Å²) in [6.45, 7) is 3.71. The normalized spacial score (nSPS) is 19.7. The van der Waals surface area contributed by atoms with E-state index in [1.807, 2.05) is 19.2 Å². The van der Waals surface area contributed by atoms with E-state index in [1.165, 1.54) is 11.1 Å². The summed E-state index contributed by atoms with van der Waals surface area (Å²) in [5, 5.41) is 4.31. The highest BCUT2D eigenvalue weighted by Crippen LogP contribution is 2.35. The minimum Gasteiger partial charge on any atom is -0.381 e. The fourth-order valence-electron chi connectivity index (χ4n) is 2.50. The van der Waals surface area contributed by atoms with Crippen molar-refractivity contribution < 1.29 is 4.74 Å². The Balaban J connectivity index is 2.43. The summed E-state index contributed by atoms with van der Waals surface area (Å²) in [7, 11) is 2.02. The molecule has 1 saturated heterocycles. The van der Waals surface area contributed by atoms with Gasteiger partial charge in [-0.05, 0) is 44.0 Å². The molecule has 1 fully saturated rings. The first-order valence-corrected chi connectivity index (χ1v) is 6.10. The van der Waals surface area contributed by atoms with E-state index in [1.54, 1.807) is 0 Å². The first-order chi connectivity index (χ1) is 7.69. The molecule has 0 radical (unpaired) electrons. The van der Waals surface area contributed by atoms with Gasteiger partial charge in [0.2, 0.25) is 0 Å². The fourth-order valence-corrected chi connectivity index (χ4v) is 2.67. The quantitative estimate of drug-likeness (QED) is 0.857. The standard InChI is InChI=1S/C13H18ClNO/c1-10-11(4-3-5-12(10)14)13(15-2)6-8-16-9-7-13/h3-5,15H,6-9H2,1-2H3. The first kappa shape index (κ1) is 11.9. The number of hydrogen-bond acceptors (Lipinski definition) is 2. The van der Waals surface area contributed by atoms with Crippen molar-refractivity contribution in [2.75, 3.05) is 20.3 Å². The van der Waals surface area contributed by atoms with E-state index in [2.05, 4.69) is 18.3 Å². The van der Waals surface area contributed by atoms with Crippen LogP contribution in [0.3, 0.4) is 0 Å². The van der Waals surface area contributed by atoms with Crippen LogP contribution in [0.15, 0.2) is 18.2 Å².